The number of nitrogens with zero attached hydrogens (tertiary/aromatic N) is 1. The van der Waals surface area contributed by atoms with E-state index in [9.17, 15) is 4.79 Å². The first-order valence-electron chi connectivity index (χ1n) is 8.43. The average molecular weight is 349 g/mol. The number of halogens is 1. The lowest BCUT2D eigenvalue weighted by atomic mass is 9.88. The minimum absolute atomic E-state index is 0.195. The van der Waals surface area contributed by atoms with Gasteiger partial charge in [-0.3, -0.25) is 4.99 Å². The van der Waals surface area contributed by atoms with E-state index in [1.165, 1.54) is 7.11 Å². The zero-order valence-electron chi connectivity index (χ0n) is 14.7. The molecule has 2 unspecified atom stereocenters. The van der Waals surface area contributed by atoms with Crippen LogP contribution in [-0.2, 0) is 9.53 Å². The first-order valence-corrected chi connectivity index (χ1v) is 8.81. The minimum Gasteiger partial charge on any atom is -0.466 e. The molecule has 1 aromatic carbocycles. The molecule has 0 spiro atoms. The first kappa shape index (κ1) is 18.5. The third-order valence-electron chi connectivity index (χ3n) is 4.32. The Hall–Kier alpha value is -1.81. The molecule has 0 saturated carbocycles. The topological polar surface area (TPSA) is 50.7 Å². The molecule has 0 fully saturated rings. The highest BCUT2D eigenvalue weighted by molar-refractivity contribution is 6.30. The number of ether oxygens (including phenoxy) is 1. The Labute approximate surface area is 149 Å². The molecular formula is C19H25ClN2O2. The zero-order valence-corrected chi connectivity index (χ0v) is 15.5. The Bertz CT molecular complexity index is 650. The van der Waals surface area contributed by atoms with Crippen molar-refractivity contribution in [3.63, 3.8) is 0 Å². The molecule has 2 atom stereocenters. The Balaban J connectivity index is 2.46. The first-order chi connectivity index (χ1) is 11.5. The van der Waals surface area contributed by atoms with Crippen LogP contribution >= 0.6 is 11.6 Å². The smallest absolute Gasteiger partial charge is 0.337 e. The summed E-state index contributed by atoms with van der Waals surface area (Å²) in [6, 6.07) is 7.37. The summed E-state index contributed by atoms with van der Waals surface area (Å²) >= 11 is 5.98. The quantitative estimate of drug-likeness (QED) is 0.778. The molecule has 4 nitrogen and oxygen atoms in total. The summed E-state index contributed by atoms with van der Waals surface area (Å²) < 4.78 is 5.01. The fraction of sp³-hybridized carbons (Fsp3) is 0.474. The molecule has 1 N–H and O–H groups in total. The van der Waals surface area contributed by atoms with E-state index in [-0.39, 0.29) is 17.9 Å². The van der Waals surface area contributed by atoms with Crippen molar-refractivity contribution in [1.82, 2.24) is 5.32 Å². The molecule has 5 heteroatoms. The fourth-order valence-electron chi connectivity index (χ4n) is 3.04. The lowest BCUT2D eigenvalue weighted by Gasteiger charge is -2.30. The van der Waals surface area contributed by atoms with Crippen LogP contribution in [0.25, 0.3) is 0 Å². The predicted molar refractivity (Wildman–Crippen MR) is 98.3 cm³/mol. The van der Waals surface area contributed by atoms with Crippen molar-refractivity contribution < 1.29 is 9.53 Å². The van der Waals surface area contributed by atoms with Crippen LogP contribution in [0.1, 0.15) is 45.6 Å². The van der Waals surface area contributed by atoms with Crippen molar-refractivity contribution in [3.8, 4) is 0 Å². The van der Waals surface area contributed by atoms with Crippen LogP contribution in [0, 0.1) is 5.92 Å². The lowest BCUT2D eigenvalue weighted by Crippen LogP contribution is -2.39. The molecular weight excluding hydrogens is 324 g/mol. The maximum atomic E-state index is 12.3. The summed E-state index contributed by atoms with van der Waals surface area (Å²) in [5, 5.41) is 4.00. The molecule has 0 radical (unpaired) electrons. The molecule has 0 aromatic heterocycles. The van der Waals surface area contributed by atoms with Crippen LogP contribution in [0.2, 0.25) is 5.02 Å². The molecule has 1 aliphatic rings. The Morgan fingerprint density at radius 1 is 1.33 bits per heavy atom. The second kappa shape index (κ2) is 8.34. The number of aliphatic imine (C=N–C) groups is 1. The molecule has 1 aromatic rings. The van der Waals surface area contributed by atoms with E-state index in [4.69, 9.17) is 21.3 Å². The number of allylic oxidation sites excluding steroid dienone is 1. The SMILES string of the molecule is CCCC(C)C1N=C(c2ccc(Cl)cc2)NC(CC)=C1C(=O)OC. The maximum absolute atomic E-state index is 12.3. The Morgan fingerprint density at radius 2 is 2.00 bits per heavy atom. The number of methoxy groups -OCH3 is 1. The molecule has 0 saturated heterocycles. The molecule has 130 valence electrons. The van der Waals surface area contributed by atoms with Gasteiger partial charge in [-0.1, -0.05) is 38.8 Å². The van der Waals surface area contributed by atoms with Gasteiger partial charge in [0.1, 0.15) is 5.84 Å². The minimum atomic E-state index is -0.300. The highest BCUT2D eigenvalue weighted by Crippen LogP contribution is 2.29. The van der Waals surface area contributed by atoms with Crippen LogP contribution < -0.4 is 5.32 Å². The van der Waals surface area contributed by atoms with Gasteiger partial charge < -0.3 is 10.1 Å². The van der Waals surface area contributed by atoms with Crippen LogP contribution in [-0.4, -0.2) is 25.0 Å². The Morgan fingerprint density at radius 3 is 2.54 bits per heavy atom. The number of hydrogen-bond acceptors (Lipinski definition) is 4. The second-order valence-corrected chi connectivity index (χ2v) is 6.49. The summed E-state index contributed by atoms with van der Waals surface area (Å²) in [6.07, 6.45) is 2.76. The van der Waals surface area contributed by atoms with E-state index in [0.717, 1.165) is 29.9 Å². The van der Waals surface area contributed by atoms with Gasteiger partial charge >= 0.3 is 5.97 Å². The summed E-state index contributed by atoms with van der Waals surface area (Å²) in [5.41, 5.74) is 2.50. The van der Waals surface area contributed by atoms with E-state index in [1.54, 1.807) is 0 Å². The van der Waals surface area contributed by atoms with Crippen molar-refractivity contribution in [2.45, 2.75) is 46.1 Å². The predicted octanol–water partition coefficient (Wildman–Crippen LogP) is 4.33. The monoisotopic (exact) mass is 348 g/mol. The van der Waals surface area contributed by atoms with Crippen LogP contribution in [0.3, 0.4) is 0 Å². The molecule has 0 bridgehead atoms. The van der Waals surface area contributed by atoms with Crippen molar-refractivity contribution in [2.75, 3.05) is 7.11 Å². The number of amidine groups is 1. The highest BCUT2D eigenvalue weighted by atomic mass is 35.5. The van der Waals surface area contributed by atoms with Crippen LogP contribution in [0.4, 0.5) is 0 Å². The lowest BCUT2D eigenvalue weighted by molar-refractivity contribution is -0.136. The molecule has 24 heavy (non-hydrogen) atoms. The van der Waals surface area contributed by atoms with E-state index >= 15 is 0 Å². The van der Waals surface area contributed by atoms with Crippen LogP contribution in [0.15, 0.2) is 40.5 Å². The number of hydrogen-bond donors (Lipinski definition) is 1. The van der Waals surface area contributed by atoms with Gasteiger partial charge in [-0.25, -0.2) is 4.79 Å². The van der Waals surface area contributed by atoms with Crippen molar-refractivity contribution in [1.29, 1.82) is 0 Å². The van der Waals surface area contributed by atoms with E-state index in [1.807, 2.05) is 31.2 Å². The van der Waals surface area contributed by atoms with Gasteiger partial charge in [-0.05, 0) is 43.0 Å². The molecule has 2 rings (SSSR count). The van der Waals surface area contributed by atoms with E-state index in [0.29, 0.717) is 17.0 Å². The van der Waals surface area contributed by atoms with Gasteiger partial charge in [0.2, 0.25) is 0 Å². The molecule has 0 amide bonds. The summed E-state index contributed by atoms with van der Waals surface area (Å²) in [7, 11) is 1.42. The number of benzene rings is 1. The Kier molecular flexibility index (Phi) is 6.44. The summed E-state index contributed by atoms with van der Waals surface area (Å²) in [5.74, 6) is 0.741. The van der Waals surface area contributed by atoms with Gasteiger partial charge in [0, 0.05) is 16.3 Å². The largest absolute Gasteiger partial charge is 0.466 e. The zero-order chi connectivity index (χ0) is 17.7. The number of esters is 1. The third-order valence-corrected chi connectivity index (χ3v) is 4.57. The van der Waals surface area contributed by atoms with Crippen molar-refractivity contribution in [3.05, 3.63) is 46.1 Å². The van der Waals surface area contributed by atoms with E-state index < -0.39 is 0 Å². The summed E-state index contributed by atoms with van der Waals surface area (Å²) in [6.45, 7) is 6.31. The fourth-order valence-corrected chi connectivity index (χ4v) is 3.16. The van der Waals surface area contributed by atoms with Crippen molar-refractivity contribution >= 4 is 23.4 Å². The number of nitrogens with one attached hydrogen (secondary N) is 1. The van der Waals surface area contributed by atoms with Gasteiger partial charge in [0.25, 0.3) is 0 Å². The van der Waals surface area contributed by atoms with Gasteiger partial charge in [-0.2, -0.15) is 0 Å². The number of rotatable bonds is 6. The van der Waals surface area contributed by atoms with Crippen molar-refractivity contribution in [2.24, 2.45) is 10.9 Å². The second-order valence-electron chi connectivity index (χ2n) is 6.06. The summed E-state index contributed by atoms with van der Waals surface area (Å²) in [4.78, 5) is 17.2. The maximum Gasteiger partial charge on any atom is 0.337 e. The molecule has 0 aliphatic carbocycles. The third kappa shape index (κ3) is 3.99. The van der Waals surface area contributed by atoms with Gasteiger partial charge in [-0.15, -0.1) is 0 Å². The van der Waals surface area contributed by atoms with Gasteiger partial charge in [0.15, 0.2) is 0 Å². The average Bonchev–Trinajstić information content (AvgIpc) is 2.60. The molecule has 1 heterocycles. The van der Waals surface area contributed by atoms with E-state index in [2.05, 4.69) is 19.2 Å². The number of carbonyl (C=O) groups excluding carboxylic acids is 1. The van der Waals surface area contributed by atoms with Crippen LogP contribution in [0.5, 0.6) is 0 Å². The standard InChI is InChI=1S/C19H25ClN2O2/c1-5-7-12(3)17-16(19(23)24-4)15(6-2)21-18(22-17)13-8-10-14(20)11-9-13/h8-12,17H,5-7H2,1-4H3,(H,21,22). The van der Waals surface area contributed by atoms with Gasteiger partial charge in [0.05, 0.1) is 18.7 Å². The molecule has 1 aliphatic heterocycles. The normalized spacial score (nSPS) is 18.7. The highest BCUT2D eigenvalue weighted by Gasteiger charge is 2.33. The number of carbonyl (C=O) groups is 1.